The van der Waals surface area contributed by atoms with Crippen LogP contribution in [-0.2, 0) is 9.59 Å². The zero-order chi connectivity index (χ0) is 12.3. The minimum atomic E-state index is -0.149. The van der Waals surface area contributed by atoms with Crippen LogP contribution in [0.4, 0.5) is 0 Å². The third kappa shape index (κ3) is 4.16. The van der Waals surface area contributed by atoms with Gasteiger partial charge in [-0.1, -0.05) is 6.92 Å². The topological polar surface area (TPSA) is 66.6 Å². The van der Waals surface area contributed by atoms with Gasteiger partial charge in [-0.15, -0.1) is 12.4 Å². The van der Waals surface area contributed by atoms with Gasteiger partial charge in [0.05, 0.1) is 5.92 Å². The monoisotopic (exact) mass is 263 g/mol. The molecule has 1 aliphatic heterocycles. The molecular weight excluding hydrogens is 242 g/mol. The normalized spacial score (nSPS) is 19.3. The minimum Gasteiger partial charge on any atom is -0.339 e. The molecule has 1 aliphatic rings. The largest absolute Gasteiger partial charge is 0.339 e. The first-order valence-electron chi connectivity index (χ1n) is 5.73. The molecule has 0 aliphatic carbocycles. The lowest BCUT2D eigenvalue weighted by Gasteiger charge is -2.36. The van der Waals surface area contributed by atoms with Gasteiger partial charge in [0.25, 0.3) is 0 Å². The minimum absolute atomic E-state index is 0. The highest BCUT2D eigenvalue weighted by Gasteiger charge is 2.27. The molecule has 5 nitrogen and oxygen atoms in total. The molecular formula is C11H22ClN3O2. The van der Waals surface area contributed by atoms with Gasteiger partial charge in [-0.2, -0.15) is 0 Å². The smallest absolute Gasteiger partial charge is 0.227 e. The van der Waals surface area contributed by atoms with Crippen LogP contribution in [0.25, 0.3) is 0 Å². The van der Waals surface area contributed by atoms with Crippen molar-refractivity contribution in [3.05, 3.63) is 0 Å². The molecule has 0 aromatic heterocycles. The molecule has 2 unspecified atom stereocenters. The van der Waals surface area contributed by atoms with Crippen LogP contribution in [0.2, 0.25) is 0 Å². The van der Waals surface area contributed by atoms with E-state index in [4.69, 9.17) is 5.73 Å². The lowest BCUT2D eigenvalue weighted by Crippen LogP contribution is -2.52. The van der Waals surface area contributed by atoms with Gasteiger partial charge in [0, 0.05) is 39.1 Å². The summed E-state index contributed by atoms with van der Waals surface area (Å²) in [5.74, 6) is 0.0226. The Morgan fingerprint density at radius 1 is 1.06 bits per heavy atom. The van der Waals surface area contributed by atoms with Gasteiger partial charge in [0.2, 0.25) is 11.8 Å². The molecule has 2 amide bonds. The van der Waals surface area contributed by atoms with Gasteiger partial charge in [0.15, 0.2) is 0 Å². The summed E-state index contributed by atoms with van der Waals surface area (Å²) < 4.78 is 0. The highest BCUT2D eigenvalue weighted by Crippen LogP contribution is 2.09. The van der Waals surface area contributed by atoms with Crippen molar-refractivity contribution in [2.75, 3.05) is 26.2 Å². The molecule has 0 bridgehead atoms. The van der Waals surface area contributed by atoms with Crippen LogP contribution in [0.5, 0.6) is 0 Å². The summed E-state index contributed by atoms with van der Waals surface area (Å²) in [6.45, 7) is 7.76. The predicted octanol–water partition coefficient (Wildman–Crippen LogP) is 0.0822. The summed E-state index contributed by atoms with van der Waals surface area (Å²) in [5.41, 5.74) is 5.71. The summed E-state index contributed by atoms with van der Waals surface area (Å²) in [5, 5.41) is 0. The van der Waals surface area contributed by atoms with E-state index in [1.165, 1.54) is 0 Å². The summed E-state index contributed by atoms with van der Waals surface area (Å²) in [6.07, 6.45) is 0. The molecule has 1 saturated heterocycles. The molecule has 0 aromatic rings. The Labute approximate surface area is 109 Å². The number of rotatable bonds is 2. The fourth-order valence-electron chi connectivity index (χ4n) is 1.75. The van der Waals surface area contributed by atoms with E-state index >= 15 is 0 Å². The number of amides is 2. The zero-order valence-corrected chi connectivity index (χ0v) is 11.5. The van der Waals surface area contributed by atoms with Crippen LogP contribution in [-0.4, -0.2) is 53.8 Å². The Balaban J connectivity index is 0.00000256. The molecule has 2 N–H and O–H groups in total. The summed E-state index contributed by atoms with van der Waals surface area (Å²) in [6, 6.07) is -0.127. The van der Waals surface area contributed by atoms with E-state index in [1.807, 2.05) is 13.8 Å². The average molecular weight is 264 g/mol. The SMILES string of the molecule is CC(=O)N1CCN(C(=O)C(C)C(C)N)CC1.Cl. The Morgan fingerprint density at radius 2 is 1.47 bits per heavy atom. The van der Waals surface area contributed by atoms with Crippen LogP contribution >= 0.6 is 12.4 Å². The molecule has 17 heavy (non-hydrogen) atoms. The number of nitrogens with two attached hydrogens (primary N) is 1. The maximum atomic E-state index is 12.0. The Morgan fingerprint density at radius 3 is 1.82 bits per heavy atom. The molecule has 6 heteroatoms. The maximum absolute atomic E-state index is 12.0. The fraction of sp³-hybridized carbons (Fsp3) is 0.818. The van der Waals surface area contributed by atoms with Crippen molar-refractivity contribution < 1.29 is 9.59 Å². The lowest BCUT2D eigenvalue weighted by molar-refractivity contribution is -0.141. The molecule has 1 fully saturated rings. The van der Waals surface area contributed by atoms with Crippen LogP contribution in [0, 0.1) is 5.92 Å². The highest BCUT2D eigenvalue weighted by molar-refractivity contribution is 5.85. The van der Waals surface area contributed by atoms with Gasteiger partial charge in [-0.3, -0.25) is 9.59 Å². The predicted molar refractivity (Wildman–Crippen MR) is 68.9 cm³/mol. The number of hydrogen-bond acceptors (Lipinski definition) is 3. The summed E-state index contributed by atoms with van der Waals surface area (Å²) in [7, 11) is 0. The van der Waals surface area contributed by atoms with Crippen molar-refractivity contribution in [1.82, 2.24) is 9.80 Å². The molecule has 0 aromatic carbocycles. The first-order valence-corrected chi connectivity index (χ1v) is 5.73. The van der Waals surface area contributed by atoms with Crippen molar-refractivity contribution in [2.45, 2.75) is 26.8 Å². The summed E-state index contributed by atoms with van der Waals surface area (Å²) in [4.78, 5) is 26.6. The van der Waals surface area contributed by atoms with E-state index in [2.05, 4.69) is 0 Å². The second-order valence-corrected chi connectivity index (χ2v) is 4.48. The standard InChI is InChI=1S/C11H21N3O2.ClH/c1-8(9(2)12)11(16)14-6-4-13(5-7-14)10(3)15;/h8-9H,4-7,12H2,1-3H3;1H. The highest BCUT2D eigenvalue weighted by atomic mass is 35.5. The van der Waals surface area contributed by atoms with Crippen LogP contribution in [0.3, 0.4) is 0 Å². The third-order valence-electron chi connectivity index (χ3n) is 3.21. The van der Waals surface area contributed by atoms with E-state index in [0.29, 0.717) is 26.2 Å². The van der Waals surface area contributed by atoms with Crippen molar-refractivity contribution >= 4 is 24.2 Å². The average Bonchev–Trinajstić information content (AvgIpc) is 2.27. The quantitative estimate of drug-likeness (QED) is 0.767. The second kappa shape index (κ2) is 6.81. The first kappa shape index (κ1) is 16.2. The molecule has 0 saturated carbocycles. The number of carbonyl (C=O) groups excluding carboxylic acids is 2. The van der Waals surface area contributed by atoms with Crippen molar-refractivity contribution in [1.29, 1.82) is 0 Å². The van der Waals surface area contributed by atoms with Crippen molar-refractivity contribution in [3.63, 3.8) is 0 Å². The van der Waals surface area contributed by atoms with Crippen LogP contribution in [0.15, 0.2) is 0 Å². The Bertz CT molecular complexity index is 276. The maximum Gasteiger partial charge on any atom is 0.227 e. The first-order chi connectivity index (χ1) is 7.43. The van der Waals surface area contributed by atoms with E-state index in [-0.39, 0.29) is 36.2 Å². The fourth-order valence-corrected chi connectivity index (χ4v) is 1.75. The van der Waals surface area contributed by atoms with Gasteiger partial charge < -0.3 is 15.5 Å². The van der Waals surface area contributed by atoms with Crippen LogP contribution < -0.4 is 5.73 Å². The number of carbonyl (C=O) groups is 2. The molecule has 0 radical (unpaired) electrons. The van der Waals surface area contributed by atoms with Gasteiger partial charge in [-0.25, -0.2) is 0 Å². The molecule has 1 rings (SSSR count). The lowest BCUT2D eigenvalue weighted by atomic mass is 10.0. The van der Waals surface area contributed by atoms with E-state index < -0.39 is 0 Å². The molecule has 100 valence electrons. The number of nitrogens with zero attached hydrogens (tertiary/aromatic N) is 2. The number of piperazine rings is 1. The Hall–Kier alpha value is -0.810. The van der Waals surface area contributed by atoms with Crippen molar-refractivity contribution in [2.24, 2.45) is 11.7 Å². The van der Waals surface area contributed by atoms with Gasteiger partial charge in [0.1, 0.15) is 0 Å². The van der Waals surface area contributed by atoms with Gasteiger partial charge >= 0.3 is 0 Å². The number of halogens is 1. The zero-order valence-electron chi connectivity index (χ0n) is 10.7. The van der Waals surface area contributed by atoms with E-state index in [0.717, 1.165) is 0 Å². The third-order valence-corrected chi connectivity index (χ3v) is 3.21. The second-order valence-electron chi connectivity index (χ2n) is 4.48. The molecule has 1 heterocycles. The van der Waals surface area contributed by atoms with Gasteiger partial charge in [-0.05, 0) is 6.92 Å². The van der Waals surface area contributed by atoms with E-state index in [1.54, 1.807) is 16.7 Å². The molecule has 0 spiro atoms. The van der Waals surface area contributed by atoms with E-state index in [9.17, 15) is 9.59 Å². The molecule has 2 atom stereocenters. The Kier molecular flexibility index (Phi) is 6.49. The van der Waals surface area contributed by atoms with Crippen LogP contribution in [0.1, 0.15) is 20.8 Å². The summed E-state index contributed by atoms with van der Waals surface area (Å²) >= 11 is 0. The number of hydrogen-bond donors (Lipinski definition) is 1. The van der Waals surface area contributed by atoms with Crippen molar-refractivity contribution in [3.8, 4) is 0 Å².